The average molecular weight is 335 g/mol. The highest BCUT2D eigenvalue weighted by Gasteiger charge is 2.33. The zero-order valence-electron chi connectivity index (χ0n) is 13.6. The number of rotatable bonds is 2. The SMILES string of the molecule is Cc1noc(C)c1[C@H](C)C(=O)N1C[C@H](C)Oc2c(Cl)cccc21. The molecule has 0 saturated carbocycles. The molecule has 0 saturated heterocycles. The number of aromatic nitrogens is 1. The van der Waals surface area contributed by atoms with Crippen LogP contribution in [-0.2, 0) is 4.79 Å². The van der Waals surface area contributed by atoms with Gasteiger partial charge in [0, 0.05) is 5.56 Å². The van der Waals surface area contributed by atoms with Crippen molar-refractivity contribution >= 4 is 23.2 Å². The minimum absolute atomic E-state index is 0.0157. The Morgan fingerprint density at radius 1 is 1.43 bits per heavy atom. The smallest absolute Gasteiger partial charge is 0.234 e. The molecule has 1 aliphatic rings. The molecule has 0 radical (unpaired) electrons. The molecule has 1 aromatic heterocycles. The first-order valence-electron chi connectivity index (χ1n) is 7.59. The summed E-state index contributed by atoms with van der Waals surface area (Å²) in [6, 6.07) is 5.44. The molecule has 2 atom stereocenters. The highest BCUT2D eigenvalue weighted by atomic mass is 35.5. The third-order valence-corrected chi connectivity index (χ3v) is 4.45. The van der Waals surface area contributed by atoms with Crippen LogP contribution in [0, 0.1) is 13.8 Å². The van der Waals surface area contributed by atoms with Crippen molar-refractivity contribution in [2.45, 2.75) is 39.7 Å². The lowest BCUT2D eigenvalue weighted by Gasteiger charge is -2.35. The molecule has 6 heteroatoms. The number of nitrogens with zero attached hydrogens (tertiary/aromatic N) is 2. The van der Waals surface area contributed by atoms with Gasteiger partial charge in [-0.25, -0.2) is 0 Å². The van der Waals surface area contributed by atoms with Crippen molar-refractivity contribution < 1.29 is 14.1 Å². The molecule has 122 valence electrons. The normalized spacial score (nSPS) is 18.3. The molecular formula is C17H19ClN2O3. The van der Waals surface area contributed by atoms with Crippen LogP contribution < -0.4 is 9.64 Å². The van der Waals surface area contributed by atoms with E-state index in [9.17, 15) is 4.79 Å². The van der Waals surface area contributed by atoms with E-state index in [2.05, 4.69) is 5.16 Å². The van der Waals surface area contributed by atoms with Crippen LogP contribution in [0.1, 0.15) is 36.8 Å². The highest BCUT2D eigenvalue weighted by molar-refractivity contribution is 6.32. The first kappa shape index (κ1) is 15.9. The maximum atomic E-state index is 13.1. The molecule has 1 aliphatic heterocycles. The van der Waals surface area contributed by atoms with Gasteiger partial charge in [-0.05, 0) is 39.8 Å². The maximum Gasteiger partial charge on any atom is 0.234 e. The summed E-state index contributed by atoms with van der Waals surface area (Å²) >= 11 is 6.22. The molecule has 3 rings (SSSR count). The summed E-state index contributed by atoms with van der Waals surface area (Å²) < 4.78 is 11.0. The summed E-state index contributed by atoms with van der Waals surface area (Å²) in [6.45, 7) is 7.96. The van der Waals surface area contributed by atoms with Crippen molar-refractivity contribution in [2.24, 2.45) is 0 Å². The van der Waals surface area contributed by atoms with E-state index >= 15 is 0 Å². The third-order valence-electron chi connectivity index (χ3n) is 4.15. The van der Waals surface area contributed by atoms with Gasteiger partial charge in [-0.3, -0.25) is 4.79 Å². The van der Waals surface area contributed by atoms with Crippen molar-refractivity contribution in [3.8, 4) is 5.75 Å². The van der Waals surface area contributed by atoms with Gasteiger partial charge in [-0.1, -0.05) is 22.8 Å². The number of anilines is 1. The number of hydrogen-bond acceptors (Lipinski definition) is 4. The minimum atomic E-state index is -0.349. The van der Waals surface area contributed by atoms with Crippen molar-refractivity contribution in [1.29, 1.82) is 0 Å². The third kappa shape index (κ3) is 2.70. The van der Waals surface area contributed by atoms with Crippen LogP contribution in [0.3, 0.4) is 0 Å². The Labute approximate surface area is 140 Å². The monoisotopic (exact) mass is 334 g/mol. The van der Waals surface area contributed by atoms with E-state index in [1.54, 1.807) is 11.0 Å². The number of ether oxygens (including phenoxy) is 1. The molecule has 0 N–H and O–H groups in total. The molecule has 23 heavy (non-hydrogen) atoms. The number of carbonyl (C=O) groups excluding carboxylic acids is 1. The first-order chi connectivity index (χ1) is 10.9. The Kier molecular flexibility index (Phi) is 4.06. The highest BCUT2D eigenvalue weighted by Crippen LogP contribution is 2.40. The maximum absolute atomic E-state index is 13.1. The second-order valence-electron chi connectivity index (χ2n) is 5.92. The number of hydrogen-bond donors (Lipinski definition) is 0. The van der Waals surface area contributed by atoms with Crippen LogP contribution in [-0.4, -0.2) is 23.7 Å². The molecule has 1 aromatic carbocycles. The Balaban J connectivity index is 1.99. The second-order valence-corrected chi connectivity index (χ2v) is 6.33. The summed E-state index contributed by atoms with van der Waals surface area (Å²) in [5, 5.41) is 4.46. The fourth-order valence-electron chi connectivity index (χ4n) is 3.09. The standard InChI is InChI=1S/C17H19ClN2O3/c1-9-8-20(14-7-5-6-13(18)16(14)22-9)17(21)10(2)15-11(3)19-23-12(15)4/h5-7,9-10H,8H2,1-4H3/t9-,10-/m0/s1. The Hall–Kier alpha value is -2.01. The average Bonchev–Trinajstić information content (AvgIpc) is 2.85. The van der Waals surface area contributed by atoms with Crippen LogP contribution in [0.15, 0.2) is 22.7 Å². The fraction of sp³-hybridized carbons (Fsp3) is 0.412. The van der Waals surface area contributed by atoms with Gasteiger partial charge in [0.15, 0.2) is 5.75 Å². The van der Waals surface area contributed by atoms with Crippen LogP contribution >= 0.6 is 11.6 Å². The molecule has 1 amide bonds. The number of amides is 1. The number of halogens is 1. The summed E-state index contributed by atoms with van der Waals surface area (Å²) in [5.41, 5.74) is 2.30. The van der Waals surface area contributed by atoms with Gasteiger partial charge in [-0.15, -0.1) is 0 Å². The summed E-state index contributed by atoms with van der Waals surface area (Å²) in [6.07, 6.45) is -0.122. The van der Waals surface area contributed by atoms with Crippen LogP contribution in [0.25, 0.3) is 0 Å². The van der Waals surface area contributed by atoms with Crippen molar-refractivity contribution in [2.75, 3.05) is 11.4 Å². The lowest BCUT2D eigenvalue weighted by molar-refractivity contribution is -0.120. The molecule has 0 fully saturated rings. The summed E-state index contributed by atoms with van der Waals surface area (Å²) in [7, 11) is 0. The lowest BCUT2D eigenvalue weighted by atomic mass is 9.97. The predicted molar refractivity (Wildman–Crippen MR) is 88.3 cm³/mol. The van der Waals surface area contributed by atoms with Gasteiger partial charge in [0.05, 0.1) is 28.9 Å². The number of carbonyl (C=O) groups is 1. The van der Waals surface area contributed by atoms with Gasteiger partial charge in [-0.2, -0.15) is 0 Å². The van der Waals surface area contributed by atoms with Crippen molar-refractivity contribution in [3.05, 3.63) is 40.2 Å². The predicted octanol–water partition coefficient (Wildman–Crippen LogP) is 3.86. The van der Waals surface area contributed by atoms with Crippen LogP contribution in [0.5, 0.6) is 5.75 Å². The fourth-order valence-corrected chi connectivity index (χ4v) is 3.31. The lowest BCUT2D eigenvalue weighted by Crippen LogP contribution is -2.44. The zero-order valence-corrected chi connectivity index (χ0v) is 14.3. The number of para-hydroxylation sites is 1. The van der Waals surface area contributed by atoms with Gasteiger partial charge >= 0.3 is 0 Å². The minimum Gasteiger partial charge on any atom is -0.485 e. The number of benzene rings is 1. The molecular weight excluding hydrogens is 316 g/mol. The quantitative estimate of drug-likeness (QED) is 0.836. The van der Waals surface area contributed by atoms with Gasteiger partial charge in [0.25, 0.3) is 0 Å². The van der Waals surface area contributed by atoms with Crippen LogP contribution in [0.4, 0.5) is 5.69 Å². The molecule has 0 unspecified atom stereocenters. The van der Waals surface area contributed by atoms with E-state index in [4.69, 9.17) is 20.9 Å². The van der Waals surface area contributed by atoms with E-state index < -0.39 is 0 Å². The van der Waals surface area contributed by atoms with Gasteiger partial charge < -0.3 is 14.2 Å². The Bertz CT molecular complexity index is 737. The molecule has 2 aromatic rings. The second kappa shape index (κ2) is 5.89. The zero-order chi connectivity index (χ0) is 16.7. The van der Waals surface area contributed by atoms with E-state index in [1.165, 1.54) is 0 Å². The van der Waals surface area contributed by atoms with E-state index in [0.717, 1.165) is 11.3 Å². The Morgan fingerprint density at radius 3 is 2.83 bits per heavy atom. The van der Waals surface area contributed by atoms with Crippen molar-refractivity contribution in [3.63, 3.8) is 0 Å². The number of fused-ring (bicyclic) bond motifs is 1. The van der Waals surface area contributed by atoms with E-state index in [-0.39, 0.29) is 17.9 Å². The molecule has 5 nitrogen and oxygen atoms in total. The van der Waals surface area contributed by atoms with Crippen molar-refractivity contribution in [1.82, 2.24) is 5.16 Å². The summed E-state index contributed by atoms with van der Waals surface area (Å²) in [4.78, 5) is 14.8. The largest absolute Gasteiger partial charge is 0.485 e. The van der Waals surface area contributed by atoms with Crippen LogP contribution in [0.2, 0.25) is 5.02 Å². The first-order valence-corrected chi connectivity index (χ1v) is 7.97. The molecule has 0 spiro atoms. The summed E-state index contributed by atoms with van der Waals surface area (Å²) in [5.74, 6) is 0.875. The Morgan fingerprint density at radius 2 is 2.17 bits per heavy atom. The van der Waals surface area contributed by atoms with E-state index in [0.29, 0.717) is 28.8 Å². The topological polar surface area (TPSA) is 55.6 Å². The van der Waals surface area contributed by atoms with Gasteiger partial charge in [0.2, 0.25) is 5.91 Å². The molecule has 0 bridgehead atoms. The van der Waals surface area contributed by atoms with Gasteiger partial charge in [0.1, 0.15) is 11.9 Å². The molecule has 2 heterocycles. The molecule has 0 aliphatic carbocycles. The number of aryl methyl sites for hydroxylation is 2. The van der Waals surface area contributed by atoms with E-state index in [1.807, 2.05) is 39.8 Å².